The Labute approximate surface area is 102 Å². The molecule has 86 valence electrons. The Morgan fingerprint density at radius 1 is 1.33 bits per heavy atom. The second-order valence-electron chi connectivity index (χ2n) is 4.55. The molecule has 0 aliphatic rings. The third kappa shape index (κ3) is 3.56. The molecular formula is C11H17Cl2NO. The van der Waals surface area contributed by atoms with Gasteiger partial charge in [0, 0.05) is 16.6 Å². The standard InChI is InChI=1S/C11H16ClNO.ClH/c1-11(2,3)10(13)8-6-7(12)4-5-9(8)14;/h4-6,10,14H,13H2,1-3H3;1H/t10-;/m0./s1. The minimum Gasteiger partial charge on any atom is -0.508 e. The number of phenolic OH excluding ortho intramolecular Hbond substituents is 1. The summed E-state index contributed by atoms with van der Waals surface area (Å²) in [7, 11) is 0. The molecule has 0 bridgehead atoms. The predicted octanol–water partition coefficient (Wildman–Crippen LogP) is 3.51. The Bertz CT molecular complexity index is 334. The summed E-state index contributed by atoms with van der Waals surface area (Å²) in [6.45, 7) is 6.08. The molecule has 0 aromatic heterocycles. The van der Waals surface area contributed by atoms with Crippen LogP contribution in [0.1, 0.15) is 32.4 Å². The van der Waals surface area contributed by atoms with Gasteiger partial charge in [0.25, 0.3) is 0 Å². The molecule has 1 rings (SSSR count). The molecule has 0 saturated carbocycles. The molecule has 2 nitrogen and oxygen atoms in total. The molecule has 1 aromatic rings. The van der Waals surface area contributed by atoms with Crippen molar-refractivity contribution >= 4 is 24.0 Å². The van der Waals surface area contributed by atoms with Crippen LogP contribution in [-0.4, -0.2) is 5.11 Å². The largest absolute Gasteiger partial charge is 0.508 e. The van der Waals surface area contributed by atoms with E-state index in [-0.39, 0.29) is 29.6 Å². The highest BCUT2D eigenvalue weighted by Crippen LogP contribution is 2.36. The van der Waals surface area contributed by atoms with Crippen LogP contribution in [0.5, 0.6) is 5.75 Å². The molecule has 0 spiro atoms. The van der Waals surface area contributed by atoms with Crippen LogP contribution in [0.3, 0.4) is 0 Å². The van der Waals surface area contributed by atoms with E-state index in [0.717, 1.165) is 0 Å². The van der Waals surface area contributed by atoms with E-state index in [1.165, 1.54) is 0 Å². The first-order valence-electron chi connectivity index (χ1n) is 4.56. The maximum Gasteiger partial charge on any atom is 0.120 e. The molecule has 0 unspecified atom stereocenters. The summed E-state index contributed by atoms with van der Waals surface area (Å²) in [5.41, 5.74) is 6.63. The average Bonchev–Trinajstić information content (AvgIpc) is 2.06. The molecule has 3 N–H and O–H groups in total. The number of rotatable bonds is 1. The van der Waals surface area contributed by atoms with E-state index < -0.39 is 0 Å². The number of hydrogen-bond donors (Lipinski definition) is 2. The summed E-state index contributed by atoms with van der Waals surface area (Å²) >= 11 is 5.84. The van der Waals surface area contributed by atoms with Crippen LogP contribution >= 0.6 is 24.0 Å². The first-order chi connectivity index (χ1) is 6.32. The maximum atomic E-state index is 9.63. The molecule has 0 aliphatic carbocycles. The van der Waals surface area contributed by atoms with Gasteiger partial charge in [0.15, 0.2) is 0 Å². The molecule has 0 saturated heterocycles. The highest BCUT2D eigenvalue weighted by Gasteiger charge is 2.24. The minimum absolute atomic E-state index is 0. The molecule has 0 fully saturated rings. The van der Waals surface area contributed by atoms with Gasteiger partial charge in [0.1, 0.15) is 5.75 Å². The van der Waals surface area contributed by atoms with Crippen LogP contribution in [0.4, 0.5) is 0 Å². The Kier molecular flexibility index (Phi) is 4.91. The van der Waals surface area contributed by atoms with Crippen LogP contribution in [-0.2, 0) is 0 Å². The molecule has 0 heterocycles. The number of aromatic hydroxyl groups is 1. The summed E-state index contributed by atoms with van der Waals surface area (Å²) in [5.74, 6) is 0.205. The number of phenols is 1. The van der Waals surface area contributed by atoms with Gasteiger partial charge in [-0.15, -0.1) is 12.4 Å². The first-order valence-corrected chi connectivity index (χ1v) is 4.94. The lowest BCUT2D eigenvalue weighted by molar-refractivity contribution is 0.318. The van der Waals surface area contributed by atoms with Crippen LogP contribution in [0, 0.1) is 5.41 Å². The minimum atomic E-state index is -0.221. The molecule has 0 amide bonds. The Hall–Kier alpha value is -0.440. The average molecular weight is 250 g/mol. The van der Waals surface area contributed by atoms with Crippen LogP contribution in [0.15, 0.2) is 18.2 Å². The molecule has 1 aromatic carbocycles. The summed E-state index contributed by atoms with van der Waals surface area (Å²) < 4.78 is 0. The smallest absolute Gasteiger partial charge is 0.120 e. The zero-order chi connectivity index (χ0) is 10.9. The maximum absolute atomic E-state index is 9.63. The Morgan fingerprint density at radius 3 is 2.33 bits per heavy atom. The van der Waals surface area contributed by atoms with Gasteiger partial charge >= 0.3 is 0 Å². The van der Waals surface area contributed by atoms with Gasteiger partial charge in [-0.05, 0) is 23.6 Å². The van der Waals surface area contributed by atoms with Crippen LogP contribution < -0.4 is 5.73 Å². The van der Waals surface area contributed by atoms with Crippen molar-refractivity contribution in [2.75, 3.05) is 0 Å². The van der Waals surface area contributed by atoms with Gasteiger partial charge in [-0.3, -0.25) is 0 Å². The van der Waals surface area contributed by atoms with Gasteiger partial charge in [-0.1, -0.05) is 32.4 Å². The lowest BCUT2D eigenvalue weighted by Gasteiger charge is -2.27. The van der Waals surface area contributed by atoms with Crippen molar-refractivity contribution in [1.29, 1.82) is 0 Å². The molecular weight excluding hydrogens is 233 g/mol. The molecule has 1 atom stereocenters. The second kappa shape index (κ2) is 5.06. The van der Waals surface area contributed by atoms with Crippen molar-refractivity contribution in [3.05, 3.63) is 28.8 Å². The summed E-state index contributed by atoms with van der Waals surface area (Å²) in [6, 6.07) is 4.72. The van der Waals surface area contributed by atoms with Gasteiger partial charge in [-0.25, -0.2) is 0 Å². The first kappa shape index (κ1) is 14.6. The molecule has 0 aliphatic heterocycles. The highest BCUT2D eigenvalue weighted by atomic mass is 35.5. The summed E-state index contributed by atoms with van der Waals surface area (Å²) in [4.78, 5) is 0. The molecule has 0 radical (unpaired) electrons. The van der Waals surface area contributed by atoms with E-state index >= 15 is 0 Å². The number of halogens is 2. The molecule has 15 heavy (non-hydrogen) atoms. The van der Waals surface area contributed by atoms with Gasteiger partial charge in [0.05, 0.1) is 0 Å². The SMILES string of the molecule is CC(C)(C)[C@@H](N)c1cc(Cl)ccc1O.Cl. The monoisotopic (exact) mass is 249 g/mol. The Morgan fingerprint density at radius 2 is 1.87 bits per heavy atom. The fraction of sp³-hybridized carbons (Fsp3) is 0.455. The van der Waals surface area contributed by atoms with Crippen molar-refractivity contribution in [3.63, 3.8) is 0 Å². The lowest BCUT2D eigenvalue weighted by atomic mass is 9.83. The third-order valence-corrected chi connectivity index (χ3v) is 2.49. The number of benzene rings is 1. The second-order valence-corrected chi connectivity index (χ2v) is 4.98. The summed E-state index contributed by atoms with van der Waals surface area (Å²) in [6.07, 6.45) is 0. The van der Waals surface area contributed by atoms with Crippen molar-refractivity contribution in [3.8, 4) is 5.75 Å². The molecule has 4 heteroatoms. The van der Waals surface area contributed by atoms with Crippen molar-refractivity contribution in [2.45, 2.75) is 26.8 Å². The number of nitrogens with two attached hydrogens (primary N) is 1. The van der Waals surface area contributed by atoms with Crippen LogP contribution in [0.25, 0.3) is 0 Å². The normalized spacial score (nSPS) is 13.1. The zero-order valence-corrected chi connectivity index (χ0v) is 10.7. The van der Waals surface area contributed by atoms with E-state index in [1.54, 1.807) is 18.2 Å². The highest BCUT2D eigenvalue weighted by molar-refractivity contribution is 6.30. The quantitative estimate of drug-likeness (QED) is 0.801. The topological polar surface area (TPSA) is 46.2 Å². The Balaban J connectivity index is 0.00000196. The van der Waals surface area contributed by atoms with Crippen LogP contribution in [0.2, 0.25) is 5.02 Å². The van der Waals surface area contributed by atoms with Gasteiger partial charge < -0.3 is 10.8 Å². The van der Waals surface area contributed by atoms with Gasteiger partial charge in [-0.2, -0.15) is 0 Å². The predicted molar refractivity (Wildman–Crippen MR) is 66.7 cm³/mol. The number of hydrogen-bond acceptors (Lipinski definition) is 2. The third-order valence-electron chi connectivity index (χ3n) is 2.26. The van der Waals surface area contributed by atoms with E-state index in [2.05, 4.69) is 0 Å². The summed E-state index contributed by atoms with van der Waals surface area (Å²) in [5, 5.41) is 10.2. The zero-order valence-electron chi connectivity index (χ0n) is 9.12. The fourth-order valence-corrected chi connectivity index (χ4v) is 1.42. The lowest BCUT2D eigenvalue weighted by Crippen LogP contribution is -2.26. The van der Waals surface area contributed by atoms with Crippen molar-refractivity contribution in [2.24, 2.45) is 11.1 Å². The van der Waals surface area contributed by atoms with E-state index in [9.17, 15) is 5.11 Å². The van der Waals surface area contributed by atoms with E-state index in [1.807, 2.05) is 20.8 Å². The van der Waals surface area contributed by atoms with Crippen molar-refractivity contribution < 1.29 is 5.11 Å². The van der Waals surface area contributed by atoms with Gasteiger partial charge in [0.2, 0.25) is 0 Å². The van der Waals surface area contributed by atoms with E-state index in [0.29, 0.717) is 10.6 Å². The van der Waals surface area contributed by atoms with Crippen molar-refractivity contribution in [1.82, 2.24) is 0 Å². The fourth-order valence-electron chi connectivity index (χ4n) is 1.24. The van der Waals surface area contributed by atoms with E-state index in [4.69, 9.17) is 17.3 Å².